The van der Waals surface area contributed by atoms with Gasteiger partial charge >= 0.3 is 229 Å². The first kappa shape index (κ1) is 105. The van der Waals surface area contributed by atoms with Crippen LogP contribution in [0.1, 0.15) is 0 Å². The molecule has 0 amide bonds. The number of hydrogen-bond acceptors (Lipinski definition) is 6. The first-order chi connectivity index (χ1) is 0. The second-order valence-corrected chi connectivity index (χ2v) is 0. The number of hydrogen-bond donors (Lipinski definition) is 0. The summed E-state index contributed by atoms with van der Waals surface area (Å²) in [6, 6.07) is 0. The zero-order valence-corrected chi connectivity index (χ0v) is 22.5. The molecule has 0 aliphatic carbocycles. The molecular weight excluding hydrogens is 371 g/mol. The standard InChI is InChI=1S/4K.6H2O.Sn/h;;;;6*1H2;/q4*+1;;;;;;;+4/p-6. The quantitative estimate of drug-likeness (QED) is 0.378. The third-order valence-corrected chi connectivity index (χ3v) is 0. The Hall–Kier alpha value is 7.10. The fourth-order valence-corrected chi connectivity index (χ4v) is 0. The molecule has 0 spiro atoms. The first-order valence-electron chi connectivity index (χ1n) is 0. The Morgan fingerprint density at radius 1 is 0.273 bits per heavy atom. The summed E-state index contributed by atoms with van der Waals surface area (Å²) in [5.41, 5.74) is 0. The molecule has 48 valence electrons. The molecule has 11 heteroatoms. The van der Waals surface area contributed by atoms with Crippen molar-refractivity contribution in [3.63, 3.8) is 0 Å². The topological polar surface area (TPSA) is 180 Å². The van der Waals surface area contributed by atoms with Gasteiger partial charge in [-0.3, -0.25) is 0 Å². The maximum Gasteiger partial charge on any atom is 4.00 e. The largest absolute Gasteiger partial charge is 4.00 e. The average Bonchev–Trinajstić information content (AvgIpc) is 0. The second-order valence-electron chi connectivity index (χ2n) is 0. The summed E-state index contributed by atoms with van der Waals surface area (Å²) in [5, 5.41) is 0. The Balaban J connectivity index is 0. The third-order valence-electron chi connectivity index (χ3n) is 0. The molecule has 0 aromatic carbocycles. The fourth-order valence-electron chi connectivity index (χ4n) is 0. The van der Waals surface area contributed by atoms with E-state index in [-0.39, 0.29) is 262 Å². The van der Waals surface area contributed by atoms with Crippen molar-refractivity contribution in [1.82, 2.24) is 0 Å². The van der Waals surface area contributed by atoms with Crippen LogP contribution < -0.4 is 206 Å². The summed E-state index contributed by atoms with van der Waals surface area (Å²) in [6.45, 7) is 0. The molecule has 0 aromatic rings. The molecule has 0 saturated carbocycles. The Morgan fingerprint density at radius 3 is 0.273 bits per heavy atom. The van der Waals surface area contributed by atoms with Gasteiger partial charge in [-0.15, -0.1) is 0 Å². The number of rotatable bonds is 0. The van der Waals surface area contributed by atoms with Gasteiger partial charge in [0.05, 0.1) is 0 Å². The van der Waals surface area contributed by atoms with Gasteiger partial charge in [-0.2, -0.15) is 0 Å². The minimum absolute atomic E-state index is 0. The minimum atomic E-state index is 0. The van der Waals surface area contributed by atoms with Gasteiger partial charge in [0.15, 0.2) is 0 Å². The van der Waals surface area contributed by atoms with E-state index >= 15 is 0 Å². The summed E-state index contributed by atoms with van der Waals surface area (Å²) in [7, 11) is 0. The third kappa shape index (κ3) is 77.3. The van der Waals surface area contributed by atoms with Crippen LogP contribution in [0.5, 0.6) is 0 Å². The van der Waals surface area contributed by atoms with E-state index in [0.717, 1.165) is 0 Å². The van der Waals surface area contributed by atoms with Crippen molar-refractivity contribution in [2.45, 2.75) is 0 Å². The van der Waals surface area contributed by atoms with Crippen LogP contribution in [-0.2, 0) is 0 Å². The first-order valence-corrected chi connectivity index (χ1v) is 0. The van der Waals surface area contributed by atoms with Crippen molar-refractivity contribution < 1.29 is 238 Å². The summed E-state index contributed by atoms with van der Waals surface area (Å²) in [6.07, 6.45) is 0. The zero-order valence-electron chi connectivity index (χ0n) is 7.18. The molecule has 0 aromatic heterocycles. The summed E-state index contributed by atoms with van der Waals surface area (Å²) >= 11 is 0. The molecule has 11 heavy (non-hydrogen) atoms. The van der Waals surface area contributed by atoms with Crippen molar-refractivity contribution in [2.24, 2.45) is 0 Å². The smallest absolute Gasteiger partial charge is 0.870 e. The Labute approximate surface area is 253 Å². The van der Waals surface area contributed by atoms with Gasteiger partial charge in [0.1, 0.15) is 0 Å². The molecule has 0 rings (SSSR count). The molecular formula is H6K4O6Sn+2. The molecule has 0 heterocycles. The van der Waals surface area contributed by atoms with Crippen molar-refractivity contribution in [3.05, 3.63) is 0 Å². The van der Waals surface area contributed by atoms with Gasteiger partial charge in [0, 0.05) is 0 Å². The molecule has 6 nitrogen and oxygen atoms in total. The zero-order chi connectivity index (χ0) is 0. The summed E-state index contributed by atoms with van der Waals surface area (Å²) in [4.78, 5) is 0. The molecule has 0 fully saturated rings. The molecule has 0 atom stereocenters. The molecule has 6 N–H and O–H groups in total. The van der Waals surface area contributed by atoms with E-state index in [1.54, 1.807) is 0 Å². The molecule has 0 aliphatic rings. The molecule has 0 aliphatic heterocycles. The minimum Gasteiger partial charge on any atom is -0.870 e. The molecule has 0 saturated heterocycles. The van der Waals surface area contributed by atoms with E-state index in [1.165, 1.54) is 0 Å². The van der Waals surface area contributed by atoms with Crippen LogP contribution >= 0.6 is 0 Å². The Kier molecular flexibility index (Phi) is 839. The summed E-state index contributed by atoms with van der Waals surface area (Å²) in [5.74, 6) is 0. The molecule has 0 radical (unpaired) electrons. The van der Waals surface area contributed by atoms with Crippen molar-refractivity contribution in [3.8, 4) is 0 Å². The van der Waals surface area contributed by atoms with Gasteiger partial charge < -0.3 is 32.9 Å². The van der Waals surface area contributed by atoms with Crippen LogP contribution in [0.25, 0.3) is 0 Å². The van der Waals surface area contributed by atoms with E-state index in [2.05, 4.69) is 0 Å². The van der Waals surface area contributed by atoms with E-state index in [4.69, 9.17) is 0 Å². The average molecular weight is 377 g/mol. The van der Waals surface area contributed by atoms with Crippen LogP contribution in [-0.4, -0.2) is 56.8 Å². The van der Waals surface area contributed by atoms with Crippen molar-refractivity contribution >= 4 is 23.9 Å². The van der Waals surface area contributed by atoms with Gasteiger partial charge in [-0.1, -0.05) is 0 Å². The van der Waals surface area contributed by atoms with E-state index < -0.39 is 0 Å². The van der Waals surface area contributed by atoms with Crippen LogP contribution in [0.3, 0.4) is 0 Å². The van der Waals surface area contributed by atoms with E-state index in [0.29, 0.717) is 0 Å². The van der Waals surface area contributed by atoms with Crippen LogP contribution in [0.4, 0.5) is 0 Å². The van der Waals surface area contributed by atoms with E-state index in [9.17, 15) is 0 Å². The van der Waals surface area contributed by atoms with Gasteiger partial charge in [-0.05, 0) is 0 Å². The maximum absolute atomic E-state index is 0. The predicted molar refractivity (Wildman–Crippen MR) is 17.4 cm³/mol. The van der Waals surface area contributed by atoms with Crippen LogP contribution in [0.2, 0.25) is 0 Å². The molecule has 0 bridgehead atoms. The molecule has 0 unspecified atom stereocenters. The van der Waals surface area contributed by atoms with Crippen LogP contribution in [0, 0.1) is 0 Å². The Morgan fingerprint density at radius 2 is 0.273 bits per heavy atom. The Bertz CT molecular complexity index is 14.5. The predicted octanol–water partition coefficient (Wildman–Crippen LogP) is -13.4. The van der Waals surface area contributed by atoms with Crippen molar-refractivity contribution in [2.75, 3.05) is 0 Å². The normalized spacial score (nSPS) is 0. The van der Waals surface area contributed by atoms with Gasteiger partial charge in [0.2, 0.25) is 0 Å². The summed E-state index contributed by atoms with van der Waals surface area (Å²) < 4.78 is 0. The van der Waals surface area contributed by atoms with Crippen LogP contribution in [0.15, 0.2) is 0 Å². The maximum atomic E-state index is 0. The van der Waals surface area contributed by atoms with Gasteiger partial charge in [-0.25, -0.2) is 0 Å². The van der Waals surface area contributed by atoms with Crippen molar-refractivity contribution in [1.29, 1.82) is 0 Å². The SMILES string of the molecule is [K+].[K+].[K+].[K+].[OH-].[OH-].[OH-].[OH-].[OH-].[OH-].[Sn+4]. The monoisotopic (exact) mass is 378 g/mol. The van der Waals surface area contributed by atoms with E-state index in [1.807, 2.05) is 0 Å². The van der Waals surface area contributed by atoms with Gasteiger partial charge in [0.25, 0.3) is 0 Å². The fraction of sp³-hybridized carbons (Fsp3) is 0. The second kappa shape index (κ2) is 87.9.